The summed E-state index contributed by atoms with van der Waals surface area (Å²) in [5, 5.41) is 0. The normalized spacial score (nSPS) is 10.7. The third kappa shape index (κ3) is 2.51. The van der Waals surface area contributed by atoms with Gasteiger partial charge in [-0.2, -0.15) is 0 Å². The summed E-state index contributed by atoms with van der Waals surface area (Å²) in [6.45, 7) is 1.28. The molecule has 2 aromatic heterocycles. The zero-order valence-electron chi connectivity index (χ0n) is 10.2. The number of ether oxygens (including phenoxy) is 1. The Hall–Kier alpha value is -2.14. The van der Waals surface area contributed by atoms with E-state index in [1.54, 1.807) is 12.4 Å². The van der Waals surface area contributed by atoms with E-state index in [-0.39, 0.29) is 0 Å². The molecule has 0 fully saturated rings. The van der Waals surface area contributed by atoms with E-state index in [2.05, 4.69) is 9.97 Å². The molecular formula is C14H13N3OS. The third-order valence-electron chi connectivity index (χ3n) is 2.90. The molecule has 3 aromatic rings. The van der Waals surface area contributed by atoms with Crippen molar-refractivity contribution in [1.82, 2.24) is 14.5 Å². The van der Waals surface area contributed by atoms with Crippen LogP contribution in [0.15, 0.2) is 48.8 Å². The average Bonchev–Trinajstić information content (AvgIpc) is 2.76. The largest absolute Gasteiger partial charge is 0.492 e. The Morgan fingerprint density at radius 2 is 2.05 bits per heavy atom. The van der Waals surface area contributed by atoms with Gasteiger partial charge in [-0.25, -0.2) is 0 Å². The zero-order chi connectivity index (χ0) is 13.1. The molecule has 5 heteroatoms. The summed E-state index contributed by atoms with van der Waals surface area (Å²) in [5.74, 6) is 0.871. The number of rotatable bonds is 4. The van der Waals surface area contributed by atoms with Gasteiger partial charge in [0.25, 0.3) is 0 Å². The smallest absolute Gasteiger partial charge is 0.178 e. The van der Waals surface area contributed by atoms with E-state index in [0.29, 0.717) is 17.9 Å². The minimum absolute atomic E-state index is 0.577. The molecular weight excluding hydrogens is 258 g/mol. The van der Waals surface area contributed by atoms with Crippen LogP contribution in [-0.4, -0.2) is 21.1 Å². The maximum atomic E-state index is 5.69. The number of aromatic amines is 1. The number of para-hydroxylation sites is 1. The van der Waals surface area contributed by atoms with Crippen molar-refractivity contribution in [2.24, 2.45) is 0 Å². The molecule has 4 nitrogen and oxygen atoms in total. The number of nitrogens with one attached hydrogen (secondary N) is 1. The van der Waals surface area contributed by atoms with Gasteiger partial charge in [-0.15, -0.1) is 0 Å². The molecule has 3 rings (SSSR count). The fourth-order valence-corrected chi connectivity index (χ4v) is 2.30. The molecule has 0 radical (unpaired) electrons. The van der Waals surface area contributed by atoms with Crippen LogP contribution in [0.3, 0.4) is 0 Å². The van der Waals surface area contributed by atoms with Crippen molar-refractivity contribution in [3.05, 3.63) is 53.6 Å². The number of fused-ring (bicyclic) bond motifs is 1. The summed E-state index contributed by atoms with van der Waals surface area (Å²) in [4.78, 5) is 7.21. The Morgan fingerprint density at radius 3 is 2.89 bits per heavy atom. The number of hydrogen-bond donors (Lipinski definition) is 1. The van der Waals surface area contributed by atoms with Gasteiger partial charge in [-0.05, 0) is 30.4 Å². The number of benzene rings is 1. The Morgan fingerprint density at radius 1 is 1.21 bits per heavy atom. The van der Waals surface area contributed by atoms with Gasteiger partial charge in [-0.1, -0.05) is 18.2 Å². The van der Waals surface area contributed by atoms with Crippen molar-refractivity contribution in [2.75, 3.05) is 6.61 Å². The predicted octanol–water partition coefficient (Wildman–Crippen LogP) is 3.17. The van der Waals surface area contributed by atoms with E-state index in [1.807, 2.05) is 41.0 Å². The Kier molecular flexibility index (Phi) is 3.29. The highest BCUT2D eigenvalue weighted by Crippen LogP contribution is 2.13. The van der Waals surface area contributed by atoms with E-state index in [9.17, 15) is 0 Å². The van der Waals surface area contributed by atoms with Crippen LogP contribution >= 0.6 is 12.2 Å². The Balaban J connectivity index is 1.75. The molecule has 19 heavy (non-hydrogen) atoms. The number of pyridine rings is 1. The quantitative estimate of drug-likeness (QED) is 0.741. The van der Waals surface area contributed by atoms with Crippen molar-refractivity contribution in [3.8, 4) is 5.75 Å². The van der Waals surface area contributed by atoms with Gasteiger partial charge in [-0.3, -0.25) is 4.98 Å². The van der Waals surface area contributed by atoms with Gasteiger partial charge in [0.05, 0.1) is 23.8 Å². The first-order chi connectivity index (χ1) is 9.34. The summed E-state index contributed by atoms with van der Waals surface area (Å²) < 4.78 is 8.40. The first kappa shape index (κ1) is 11.9. The fourth-order valence-electron chi connectivity index (χ4n) is 2.00. The predicted molar refractivity (Wildman–Crippen MR) is 76.9 cm³/mol. The first-order valence-corrected chi connectivity index (χ1v) is 6.46. The number of hydrogen-bond acceptors (Lipinski definition) is 3. The molecule has 0 aliphatic carbocycles. The number of aromatic nitrogens is 3. The first-order valence-electron chi connectivity index (χ1n) is 6.05. The number of nitrogens with zero attached hydrogens (tertiary/aromatic N) is 2. The average molecular weight is 271 g/mol. The van der Waals surface area contributed by atoms with Crippen LogP contribution in [-0.2, 0) is 6.54 Å². The molecule has 0 spiro atoms. The zero-order valence-corrected chi connectivity index (χ0v) is 11.1. The van der Waals surface area contributed by atoms with E-state index in [1.165, 1.54) is 0 Å². The lowest BCUT2D eigenvalue weighted by Crippen LogP contribution is -2.08. The van der Waals surface area contributed by atoms with Gasteiger partial charge in [0.2, 0.25) is 0 Å². The van der Waals surface area contributed by atoms with Gasteiger partial charge < -0.3 is 14.3 Å². The lowest BCUT2D eigenvalue weighted by atomic mass is 10.3. The summed E-state index contributed by atoms with van der Waals surface area (Å²) in [6.07, 6.45) is 3.54. The van der Waals surface area contributed by atoms with Crippen molar-refractivity contribution in [3.63, 3.8) is 0 Å². The second-order valence-electron chi connectivity index (χ2n) is 4.14. The Labute approximate surface area is 115 Å². The lowest BCUT2D eigenvalue weighted by Gasteiger charge is -2.07. The SMILES string of the molecule is S=c1[nH]c2cnccc2n1CCOc1ccccc1. The molecule has 2 heterocycles. The molecule has 1 aromatic carbocycles. The fraction of sp³-hybridized carbons (Fsp3) is 0.143. The second-order valence-corrected chi connectivity index (χ2v) is 4.52. The molecule has 0 saturated heterocycles. The van der Waals surface area contributed by atoms with Crippen molar-refractivity contribution < 1.29 is 4.74 Å². The van der Waals surface area contributed by atoms with Crippen LogP contribution in [0.25, 0.3) is 11.0 Å². The van der Waals surface area contributed by atoms with Crippen LogP contribution < -0.4 is 4.74 Å². The Bertz CT molecular complexity index is 733. The monoisotopic (exact) mass is 271 g/mol. The summed E-state index contributed by atoms with van der Waals surface area (Å²) in [6, 6.07) is 11.7. The highest BCUT2D eigenvalue weighted by Gasteiger charge is 2.03. The highest BCUT2D eigenvalue weighted by atomic mass is 32.1. The van der Waals surface area contributed by atoms with Gasteiger partial charge in [0, 0.05) is 6.20 Å². The molecule has 0 aliphatic rings. The summed E-state index contributed by atoms with van der Waals surface area (Å²) >= 11 is 5.31. The minimum Gasteiger partial charge on any atom is -0.492 e. The van der Waals surface area contributed by atoms with E-state index >= 15 is 0 Å². The molecule has 96 valence electrons. The minimum atomic E-state index is 0.577. The molecule has 0 saturated carbocycles. The third-order valence-corrected chi connectivity index (χ3v) is 3.22. The molecule has 0 bridgehead atoms. The van der Waals surface area contributed by atoms with Crippen LogP contribution in [0, 0.1) is 4.77 Å². The topological polar surface area (TPSA) is 42.8 Å². The molecule has 0 amide bonds. The standard InChI is InChI=1S/C14H13N3OS/c19-14-16-12-10-15-7-6-13(12)17(14)8-9-18-11-4-2-1-3-5-11/h1-7,10H,8-9H2,(H,16,19). The molecule has 0 atom stereocenters. The molecule has 0 unspecified atom stereocenters. The van der Waals surface area contributed by atoms with Crippen molar-refractivity contribution in [2.45, 2.75) is 6.54 Å². The van der Waals surface area contributed by atoms with Gasteiger partial charge in [0.15, 0.2) is 4.77 Å². The summed E-state index contributed by atoms with van der Waals surface area (Å²) in [5.41, 5.74) is 2.00. The number of H-pyrrole nitrogens is 1. The van der Waals surface area contributed by atoms with Crippen LogP contribution in [0.5, 0.6) is 5.75 Å². The molecule has 1 N–H and O–H groups in total. The van der Waals surface area contributed by atoms with Gasteiger partial charge in [0.1, 0.15) is 12.4 Å². The van der Waals surface area contributed by atoms with Crippen molar-refractivity contribution >= 4 is 23.3 Å². The molecule has 0 aliphatic heterocycles. The van der Waals surface area contributed by atoms with Crippen LogP contribution in [0.2, 0.25) is 0 Å². The van der Waals surface area contributed by atoms with Crippen LogP contribution in [0.4, 0.5) is 0 Å². The van der Waals surface area contributed by atoms with E-state index in [0.717, 1.165) is 16.8 Å². The lowest BCUT2D eigenvalue weighted by molar-refractivity contribution is 0.299. The highest BCUT2D eigenvalue weighted by molar-refractivity contribution is 7.71. The maximum Gasteiger partial charge on any atom is 0.178 e. The van der Waals surface area contributed by atoms with E-state index < -0.39 is 0 Å². The van der Waals surface area contributed by atoms with E-state index in [4.69, 9.17) is 17.0 Å². The summed E-state index contributed by atoms with van der Waals surface area (Å²) in [7, 11) is 0. The van der Waals surface area contributed by atoms with Crippen molar-refractivity contribution in [1.29, 1.82) is 0 Å². The van der Waals surface area contributed by atoms with Crippen LogP contribution in [0.1, 0.15) is 0 Å². The van der Waals surface area contributed by atoms with Gasteiger partial charge >= 0.3 is 0 Å². The number of imidazole rings is 1. The second kappa shape index (κ2) is 5.24. The maximum absolute atomic E-state index is 5.69.